The van der Waals surface area contributed by atoms with E-state index in [-0.39, 0.29) is 5.56 Å². The molecule has 1 saturated heterocycles. The van der Waals surface area contributed by atoms with Gasteiger partial charge in [-0.15, -0.1) is 0 Å². The Balaban J connectivity index is 2.75. The van der Waals surface area contributed by atoms with Crippen LogP contribution in [0.4, 0.5) is 0 Å². The molecule has 1 atom stereocenters. The van der Waals surface area contributed by atoms with Crippen molar-refractivity contribution in [2.24, 2.45) is 0 Å². The summed E-state index contributed by atoms with van der Waals surface area (Å²) in [4.78, 5) is 0. The molecule has 2 heteroatoms. The quantitative estimate of drug-likeness (QED) is 0.805. The van der Waals surface area contributed by atoms with Gasteiger partial charge in [0.1, 0.15) is 0 Å². The maximum Gasteiger partial charge on any atom is 0.0516 e. The number of benzene rings is 1. The summed E-state index contributed by atoms with van der Waals surface area (Å²) in [6.07, 6.45) is -9.46. The Morgan fingerprint density at radius 1 is 1.46 bits per heavy atom. The number of nitrogens with one attached hydrogen (secondary N) is 1. The van der Waals surface area contributed by atoms with Gasteiger partial charge in [0.25, 0.3) is 0 Å². The van der Waals surface area contributed by atoms with E-state index in [1.807, 2.05) is 5.32 Å². The normalized spacial score (nSPS) is 54.4. The first-order valence-corrected chi connectivity index (χ1v) is 4.56. The van der Waals surface area contributed by atoms with Gasteiger partial charge in [-0.3, -0.25) is 0 Å². The maximum absolute atomic E-state index is 8.43. The van der Waals surface area contributed by atoms with E-state index in [9.17, 15) is 0 Å². The molecular weight excluding hydrogens is 226 g/mol. The Hall–Kier alpha value is -0.340. The van der Waals surface area contributed by atoms with Crippen molar-refractivity contribution in [2.45, 2.75) is 25.1 Å². The van der Waals surface area contributed by atoms with Gasteiger partial charge in [-0.1, -0.05) is 40.5 Å². The van der Waals surface area contributed by atoms with Gasteiger partial charge < -0.3 is 5.32 Å². The summed E-state index contributed by atoms with van der Waals surface area (Å²) in [5.74, 6) is 0. The van der Waals surface area contributed by atoms with E-state index in [1.54, 1.807) is 6.07 Å². The summed E-state index contributed by atoms with van der Waals surface area (Å²) in [6.45, 7) is -2.95. The fourth-order valence-electron chi connectivity index (χ4n) is 1.05. The van der Waals surface area contributed by atoms with Crippen LogP contribution in [0.5, 0.6) is 0 Å². The molecule has 1 N–H and O–H groups in total. The number of rotatable bonds is 1. The zero-order chi connectivity index (χ0) is 17.2. The summed E-state index contributed by atoms with van der Waals surface area (Å²) >= 11 is 3.16. The van der Waals surface area contributed by atoms with Crippen molar-refractivity contribution in [2.75, 3.05) is 6.50 Å². The molecule has 1 aromatic carbocycles. The Labute approximate surface area is 100 Å². The van der Waals surface area contributed by atoms with Gasteiger partial charge in [-0.05, 0) is 30.9 Å². The SMILES string of the molecule is [2H]C1([2H])NC([2H])(c2ccccc2Br)C([2H])([2H])C([2H])([2H])C1([2H])[2H]. The summed E-state index contributed by atoms with van der Waals surface area (Å²) < 4.78 is 71.5. The van der Waals surface area contributed by atoms with E-state index in [1.165, 1.54) is 18.2 Å². The van der Waals surface area contributed by atoms with Crippen molar-refractivity contribution in [3.05, 3.63) is 34.3 Å². The highest BCUT2D eigenvalue weighted by atomic mass is 79.9. The van der Waals surface area contributed by atoms with Crippen molar-refractivity contribution < 1.29 is 12.3 Å². The van der Waals surface area contributed by atoms with Crippen molar-refractivity contribution in [3.8, 4) is 0 Å². The molecule has 70 valence electrons. The highest BCUT2D eigenvalue weighted by molar-refractivity contribution is 9.10. The zero-order valence-electron chi connectivity index (χ0n) is 15.7. The third kappa shape index (κ3) is 2.12. The van der Waals surface area contributed by atoms with Crippen molar-refractivity contribution >= 4 is 15.9 Å². The molecule has 1 unspecified atom stereocenters. The summed E-state index contributed by atoms with van der Waals surface area (Å²) in [6, 6.07) is 3.51. The maximum atomic E-state index is 8.43. The highest BCUT2D eigenvalue weighted by Crippen LogP contribution is 2.28. The second kappa shape index (κ2) is 4.25. The molecule has 0 bridgehead atoms. The van der Waals surface area contributed by atoms with Gasteiger partial charge in [0.2, 0.25) is 0 Å². The van der Waals surface area contributed by atoms with E-state index in [0.29, 0.717) is 4.47 Å². The molecule has 1 nitrogen and oxygen atoms in total. The molecule has 0 radical (unpaired) electrons. The molecule has 0 aromatic heterocycles. The fraction of sp³-hybridized carbons (Fsp3) is 0.455. The van der Waals surface area contributed by atoms with Gasteiger partial charge in [0.15, 0.2) is 0 Å². The van der Waals surface area contributed by atoms with Gasteiger partial charge >= 0.3 is 0 Å². The van der Waals surface area contributed by atoms with E-state index in [2.05, 4.69) is 15.9 Å². The first kappa shape index (κ1) is 3.35. The number of hydrogen-bond donors (Lipinski definition) is 1. The van der Waals surface area contributed by atoms with Crippen LogP contribution in [0.2, 0.25) is 0 Å². The lowest BCUT2D eigenvalue weighted by Gasteiger charge is -2.24. The Morgan fingerprint density at radius 2 is 2.31 bits per heavy atom. The van der Waals surface area contributed by atoms with Crippen molar-refractivity contribution in [1.82, 2.24) is 5.32 Å². The van der Waals surface area contributed by atoms with E-state index < -0.39 is 31.6 Å². The predicted octanol–water partition coefficient (Wildman–Crippen LogP) is 3.26. The molecule has 0 saturated carbocycles. The topological polar surface area (TPSA) is 12.0 Å². The van der Waals surface area contributed by atoms with E-state index in [4.69, 9.17) is 12.3 Å². The number of hydrogen-bond acceptors (Lipinski definition) is 1. The molecule has 1 fully saturated rings. The average Bonchev–Trinajstić information content (AvgIpc) is 2.36. The van der Waals surface area contributed by atoms with Crippen LogP contribution in [0.3, 0.4) is 0 Å². The Morgan fingerprint density at radius 3 is 3.15 bits per heavy atom. The molecule has 1 aliphatic heterocycles. The lowest BCUT2D eigenvalue weighted by Crippen LogP contribution is -2.26. The molecule has 13 heavy (non-hydrogen) atoms. The van der Waals surface area contributed by atoms with Gasteiger partial charge in [0.05, 0.1) is 1.37 Å². The number of piperidine rings is 1. The largest absolute Gasteiger partial charge is 0.310 e. The smallest absolute Gasteiger partial charge is 0.0516 e. The summed E-state index contributed by atoms with van der Waals surface area (Å²) in [5, 5.41) is 2.04. The summed E-state index contributed by atoms with van der Waals surface area (Å²) in [7, 11) is 0. The van der Waals surface area contributed by atoms with Crippen LogP contribution >= 0.6 is 15.9 Å². The molecule has 0 amide bonds. The van der Waals surface area contributed by atoms with Gasteiger partial charge in [-0.2, -0.15) is 0 Å². The van der Waals surface area contributed by atoms with Crippen LogP contribution in [0, 0.1) is 0 Å². The molecule has 0 spiro atoms. The Kier molecular flexibility index (Phi) is 1.10. The van der Waals surface area contributed by atoms with Crippen LogP contribution in [0.15, 0.2) is 28.7 Å². The molecule has 1 heterocycles. The van der Waals surface area contributed by atoms with E-state index >= 15 is 0 Å². The van der Waals surface area contributed by atoms with Gasteiger partial charge in [0, 0.05) is 21.5 Å². The minimum atomic E-state index is -3.24. The minimum Gasteiger partial charge on any atom is -0.310 e. The average molecular weight is 249 g/mol. The van der Waals surface area contributed by atoms with Crippen molar-refractivity contribution in [1.29, 1.82) is 0 Å². The first-order valence-electron chi connectivity index (χ1n) is 8.27. The summed E-state index contributed by atoms with van der Waals surface area (Å²) in [5.41, 5.74) is -0.0109. The highest BCUT2D eigenvalue weighted by Gasteiger charge is 2.15. The Bertz CT molecular complexity index is 603. The standard InChI is InChI=1S/C11H14BrN/c12-10-6-2-1-5-9(10)11-7-3-4-8-13-11/h1-2,5-6,11,13H,3-4,7-8H2/i3D2,4D2,7D2,8D2,11D. The second-order valence-corrected chi connectivity index (χ2v) is 3.33. The third-order valence-electron chi connectivity index (χ3n) is 1.64. The van der Waals surface area contributed by atoms with Crippen LogP contribution in [0.1, 0.15) is 43.0 Å². The number of halogens is 1. The van der Waals surface area contributed by atoms with E-state index in [0.717, 1.165) is 0 Å². The molecule has 2 rings (SSSR count). The molecule has 0 aliphatic carbocycles. The second-order valence-electron chi connectivity index (χ2n) is 2.48. The van der Waals surface area contributed by atoms with Crippen LogP contribution in [-0.2, 0) is 0 Å². The molecule has 1 aliphatic rings. The van der Waals surface area contributed by atoms with Gasteiger partial charge in [-0.25, -0.2) is 0 Å². The lowest BCUT2D eigenvalue weighted by atomic mass is 9.98. The fourth-order valence-corrected chi connectivity index (χ4v) is 1.53. The van der Waals surface area contributed by atoms with Crippen LogP contribution in [0.25, 0.3) is 0 Å². The molecule has 1 aromatic rings. The monoisotopic (exact) mass is 248 g/mol. The van der Waals surface area contributed by atoms with Crippen molar-refractivity contribution in [3.63, 3.8) is 0 Å². The minimum absolute atomic E-state index is 0.0109. The van der Waals surface area contributed by atoms with Crippen LogP contribution < -0.4 is 5.32 Å². The lowest BCUT2D eigenvalue weighted by molar-refractivity contribution is 0.411. The molecular formula is C11H14BrN. The first-order chi connectivity index (χ1) is 9.72. The third-order valence-corrected chi connectivity index (χ3v) is 2.33. The predicted molar refractivity (Wildman–Crippen MR) is 58.7 cm³/mol. The zero-order valence-corrected chi connectivity index (χ0v) is 8.27. The van der Waals surface area contributed by atoms with Crippen LogP contribution in [-0.4, -0.2) is 6.50 Å².